The van der Waals surface area contributed by atoms with E-state index in [1.807, 2.05) is 12.3 Å². The van der Waals surface area contributed by atoms with E-state index in [0.29, 0.717) is 12.0 Å². The van der Waals surface area contributed by atoms with Crippen molar-refractivity contribution < 1.29 is 0 Å². The molecule has 0 amide bonds. The Bertz CT molecular complexity index is 553. The van der Waals surface area contributed by atoms with Crippen LogP contribution in [0.15, 0.2) is 48.7 Å². The number of aromatic nitrogens is 1. The minimum absolute atomic E-state index is 0.554. The van der Waals surface area contributed by atoms with Gasteiger partial charge in [-0.25, -0.2) is 4.98 Å². The molecule has 2 aromatic rings. The predicted molar refractivity (Wildman–Crippen MR) is 84.2 cm³/mol. The van der Waals surface area contributed by atoms with Crippen molar-refractivity contribution in [2.45, 2.75) is 31.7 Å². The first-order valence-corrected chi connectivity index (χ1v) is 7.38. The molecule has 1 aromatic heterocycles. The van der Waals surface area contributed by atoms with Crippen LogP contribution in [-0.2, 0) is 0 Å². The third-order valence-electron chi connectivity index (χ3n) is 3.69. The lowest BCUT2D eigenvalue weighted by Crippen LogP contribution is -2.06. The fourth-order valence-electron chi connectivity index (χ4n) is 2.51. The quantitative estimate of drug-likeness (QED) is 0.834. The van der Waals surface area contributed by atoms with Crippen LogP contribution in [0.4, 0.5) is 11.5 Å². The molecule has 1 heterocycles. The van der Waals surface area contributed by atoms with Gasteiger partial charge in [-0.3, -0.25) is 0 Å². The van der Waals surface area contributed by atoms with E-state index in [9.17, 15) is 0 Å². The number of nitrogens with zero attached hydrogens (tertiary/aromatic N) is 1. The van der Waals surface area contributed by atoms with Gasteiger partial charge in [-0.05, 0) is 24.5 Å². The number of rotatable bonds is 6. The van der Waals surface area contributed by atoms with Gasteiger partial charge < -0.3 is 10.6 Å². The Labute approximate surface area is 120 Å². The lowest BCUT2D eigenvalue weighted by molar-refractivity contribution is 0.968. The third-order valence-corrected chi connectivity index (χ3v) is 3.69. The molecular weight excluding hydrogens is 246 g/mol. The molecule has 1 aliphatic rings. The summed E-state index contributed by atoms with van der Waals surface area (Å²) < 4.78 is 0. The molecule has 3 heteroatoms. The van der Waals surface area contributed by atoms with E-state index in [0.717, 1.165) is 24.5 Å². The molecule has 0 radical (unpaired) electrons. The molecule has 2 N–H and O–H groups in total. The highest BCUT2D eigenvalue weighted by molar-refractivity contribution is 5.54. The van der Waals surface area contributed by atoms with Gasteiger partial charge in [0, 0.05) is 36.5 Å². The number of pyridine rings is 1. The highest BCUT2D eigenvalue weighted by Crippen LogP contribution is 2.42. The molecule has 1 aliphatic carbocycles. The second-order valence-electron chi connectivity index (χ2n) is 5.36. The number of benzene rings is 1. The predicted octanol–water partition coefficient (Wildman–Crippen LogP) is 3.87. The summed E-state index contributed by atoms with van der Waals surface area (Å²) >= 11 is 0. The van der Waals surface area contributed by atoms with Crippen molar-refractivity contribution in [2.24, 2.45) is 0 Å². The minimum atomic E-state index is 0.554. The zero-order valence-electron chi connectivity index (χ0n) is 11.8. The standard InChI is InChI=1S/C17H21N3/c1-2-9-18-17-11-14(8-10-19-17)20-16-12-15(16)13-6-4-3-5-7-13/h3-8,10-11,15-16H,2,9,12H2,1H3,(H2,18,19,20). The van der Waals surface area contributed by atoms with E-state index in [1.165, 1.54) is 12.0 Å². The monoisotopic (exact) mass is 267 g/mol. The zero-order chi connectivity index (χ0) is 13.8. The molecule has 1 fully saturated rings. The molecule has 0 aliphatic heterocycles. The first-order chi connectivity index (χ1) is 9.86. The lowest BCUT2D eigenvalue weighted by atomic mass is 10.1. The maximum absolute atomic E-state index is 4.33. The summed E-state index contributed by atoms with van der Waals surface area (Å²) in [6, 6.07) is 15.4. The molecule has 3 rings (SSSR count). The number of hydrogen-bond acceptors (Lipinski definition) is 3. The van der Waals surface area contributed by atoms with Crippen molar-refractivity contribution in [3.63, 3.8) is 0 Å². The normalized spacial score (nSPS) is 20.4. The first-order valence-electron chi connectivity index (χ1n) is 7.38. The van der Waals surface area contributed by atoms with Crippen molar-refractivity contribution in [1.29, 1.82) is 0 Å². The van der Waals surface area contributed by atoms with Crippen LogP contribution in [0.3, 0.4) is 0 Å². The fourth-order valence-corrected chi connectivity index (χ4v) is 2.51. The molecular formula is C17H21N3. The maximum Gasteiger partial charge on any atom is 0.127 e. The summed E-state index contributed by atoms with van der Waals surface area (Å²) in [5, 5.41) is 6.92. The van der Waals surface area contributed by atoms with Crippen molar-refractivity contribution in [3.05, 3.63) is 54.2 Å². The van der Waals surface area contributed by atoms with Gasteiger partial charge in [0.2, 0.25) is 0 Å². The Morgan fingerprint density at radius 3 is 2.85 bits per heavy atom. The molecule has 2 atom stereocenters. The van der Waals surface area contributed by atoms with Gasteiger partial charge in [-0.1, -0.05) is 37.3 Å². The van der Waals surface area contributed by atoms with E-state index < -0.39 is 0 Å². The largest absolute Gasteiger partial charge is 0.382 e. The van der Waals surface area contributed by atoms with Crippen LogP contribution < -0.4 is 10.6 Å². The van der Waals surface area contributed by atoms with Crippen LogP contribution in [0.25, 0.3) is 0 Å². The van der Waals surface area contributed by atoms with Gasteiger partial charge in [-0.2, -0.15) is 0 Å². The smallest absolute Gasteiger partial charge is 0.127 e. The minimum Gasteiger partial charge on any atom is -0.382 e. The van der Waals surface area contributed by atoms with E-state index in [-0.39, 0.29) is 0 Å². The molecule has 1 aromatic carbocycles. The Kier molecular flexibility index (Phi) is 3.86. The molecule has 20 heavy (non-hydrogen) atoms. The molecule has 0 bridgehead atoms. The molecule has 2 unspecified atom stereocenters. The Hall–Kier alpha value is -2.03. The molecule has 0 spiro atoms. The van der Waals surface area contributed by atoms with Crippen molar-refractivity contribution in [3.8, 4) is 0 Å². The van der Waals surface area contributed by atoms with E-state index in [4.69, 9.17) is 0 Å². The molecule has 0 saturated heterocycles. The van der Waals surface area contributed by atoms with Crippen LogP contribution in [-0.4, -0.2) is 17.6 Å². The van der Waals surface area contributed by atoms with E-state index >= 15 is 0 Å². The van der Waals surface area contributed by atoms with Gasteiger partial charge in [-0.15, -0.1) is 0 Å². The molecule has 104 valence electrons. The Balaban J connectivity index is 1.59. The summed E-state index contributed by atoms with van der Waals surface area (Å²) in [5.41, 5.74) is 2.59. The van der Waals surface area contributed by atoms with Crippen LogP contribution in [0.5, 0.6) is 0 Å². The summed E-state index contributed by atoms with van der Waals surface area (Å²) in [6.07, 6.45) is 4.18. The second-order valence-corrected chi connectivity index (χ2v) is 5.36. The van der Waals surface area contributed by atoms with Crippen LogP contribution in [0.1, 0.15) is 31.2 Å². The summed E-state index contributed by atoms with van der Waals surface area (Å²) in [6.45, 7) is 3.12. The Morgan fingerprint density at radius 1 is 1.20 bits per heavy atom. The summed E-state index contributed by atoms with van der Waals surface area (Å²) in [4.78, 5) is 4.33. The zero-order valence-corrected chi connectivity index (χ0v) is 11.8. The number of anilines is 2. The van der Waals surface area contributed by atoms with Crippen LogP contribution >= 0.6 is 0 Å². The van der Waals surface area contributed by atoms with Gasteiger partial charge in [0.1, 0.15) is 5.82 Å². The topological polar surface area (TPSA) is 37.0 Å². The highest BCUT2D eigenvalue weighted by Gasteiger charge is 2.38. The fraction of sp³-hybridized carbons (Fsp3) is 0.353. The average molecular weight is 267 g/mol. The average Bonchev–Trinajstić information content (AvgIpc) is 3.26. The van der Waals surface area contributed by atoms with Crippen LogP contribution in [0, 0.1) is 0 Å². The van der Waals surface area contributed by atoms with Gasteiger partial charge >= 0.3 is 0 Å². The number of nitrogens with one attached hydrogen (secondary N) is 2. The third kappa shape index (κ3) is 3.10. The Morgan fingerprint density at radius 2 is 2.05 bits per heavy atom. The SMILES string of the molecule is CCCNc1cc(NC2CC2c2ccccc2)ccn1. The van der Waals surface area contributed by atoms with Crippen molar-refractivity contribution in [2.75, 3.05) is 17.2 Å². The van der Waals surface area contributed by atoms with Gasteiger partial charge in [0.25, 0.3) is 0 Å². The summed E-state index contributed by atoms with van der Waals surface area (Å²) in [5.74, 6) is 1.60. The second kappa shape index (κ2) is 5.95. The van der Waals surface area contributed by atoms with Crippen LogP contribution in [0.2, 0.25) is 0 Å². The number of hydrogen-bond donors (Lipinski definition) is 2. The van der Waals surface area contributed by atoms with E-state index in [2.05, 4.69) is 58.9 Å². The summed E-state index contributed by atoms with van der Waals surface area (Å²) in [7, 11) is 0. The molecule has 1 saturated carbocycles. The first kappa shape index (κ1) is 13.0. The van der Waals surface area contributed by atoms with E-state index in [1.54, 1.807) is 0 Å². The van der Waals surface area contributed by atoms with Gasteiger partial charge in [0.15, 0.2) is 0 Å². The van der Waals surface area contributed by atoms with Crippen molar-refractivity contribution in [1.82, 2.24) is 4.98 Å². The van der Waals surface area contributed by atoms with Gasteiger partial charge in [0.05, 0.1) is 0 Å². The highest BCUT2D eigenvalue weighted by atomic mass is 15.0. The molecule has 3 nitrogen and oxygen atoms in total. The lowest BCUT2D eigenvalue weighted by Gasteiger charge is -2.09. The maximum atomic E-state index is 4.33. The van der Waals surface area contributed by atoms with Crippen molar-refractivity contribution >= 4 is 11.5 Å².